The summed E-state index contributed by atoms with van der Waals surface area (Å²) in [5.74, 6) is 1.84. The van der Waals surface area contributed by atoms with E-state index >= 15 is 0 Å². The van der Waals surface area contributed by atoms with Crippen LogP contribution in [0.2, 0.25) is 5.02 Å². The summed E-state index contributed by atoms with van der Waals surface area (Å²) in [5.41, 5.74) is 6.39. The van der Waals surface area contributed by atoms with Crippen molar-refractivity contribution >= 4 is 46.8 Å². The first-order chi connectivity index (χ1) is 18.7. The second-order valence-electron chi connectivity index (χ2n) is 8.10. The lowest BCUT2D eigenvalue weighted by Gasteiger charge is -2.10. The maximum absolute atomic E-state index is 6.22. The highest BCUT2D eigenvalue weighted by Gasteiger charge is 2.07. The Labute approximate surface area is 225 Å². The van der Waals surface area contributed by atoms with Crippen LogP contribution >= 0.6 is 11.6 Å². The quantitative estimate of drug-likeness (QED) is 0.134. The van der Waals surface area contributed by atoms with E-state index < -0.39 is 0 Å². The van der Waals surface area contributed by atoms with E-state index in [-0.39, 0.29) is 0 Å². The first-order valence-corrected chi connectivity index (χ1v) is 12.2. The molecule has 0 saturated carbocycles. The van der Waals surface area contributed by atoms with Gasteiger partial charge in [0.25, 0.3) is 0 Å². The van der Waals surface area contributed by atoms with E-state index in [9.17, 15) is 0 Å². The topological polar surface area (TPSA) is 96.4 Å². The van der Waals surface area contributed by atoms with Crippen molar-refractivity contribution in [1.29, 1.82) is 0 Å². The molecule has 1 aromatic heterocycles. The van der Waals surface area contributed by atoms with Gasteiger partial charge in [-0.2, -0.15) is 20.1 Å². The number of nitrogens with zero attached hydrogens (tertiary/aromatic N) is 4. The third kappa shape index (κ3) is 7.05. The molecule has 0 aliphatic heterocycles. The largest absolute Gasteiger partial charge is 0.489 e. The molecule has 38 heavy (non-hydrogen) atoms. The van der Waals surface area contributed by atoms with Crippen LogP contribution in [-0.2, 0) is 6.61 Å². The minimum Gasteiger partial charge on any atom is -0.489 e. The average molecular weight is 522 g/mol. The molecule has 0 atom stereocenters. The number of para-hydroxylation sites is 2. The number of anilines is 5. The van der Waals surface area contributed by atoms with Crippen LogP contribution in [0.25, 0.3) is 0 Å². The summed E-state index contributed by atoms with van der Waals surface area (Å²) in [6.45, 7) is 0.367. The Kier molecular flexibility index (Phi) is 8.03. The highest BCUT2D eigenvalue weighted by Crippen LogP contribution is 2.21. The first kappa shape index (κ1) is 24.7. The lowest BCUT2D eigenvalue weighted by Crippen LogP contribution is -2.07. The van der Waals surface area contributed by atoms with E-state index in [1.807, 2.05) is 109 Å². The van der Waals surface area contributed by atoms with Crippen molar-refractivity contribution in [3.8, 4) is 5.75 Å². The number of hydrogen-bond donors (Lipinski definition) is 3. The lowest BCUT2D eigenvalue weighted by molar-refractivity contribution is 0.306. The summed E-state index contributed by atoms with van der Waals surface area (Å²) in [7, 11) is 0. The van der Waals surface area contributed by atoms with Crippen LogP contribution in [0, 0.1) is 0 Å². The maximum Gasteiger partial charge on any atom is 0.232 e. The SMILES string of the molecule is Clc1ccccc1COc1cccc(N/N=C/c2nc(Nc3ccccc3)nc(Nc3ccccc3)n2)c1. The number of hydrogen-bond acceptors (Lipinski definition) is 8. The highest BCUT2D eigenvalue weighted by atomic mass is 35.5. The molecule has 0 amide bonds. The second kappa shape index (κ2) is 12.3. The normalized spacial score (nSPS) is 10.8. The monoisotopic (exact) mass is 521 g/mol. The molecule has 0 aliphatic carbocycles. The van der Waals surface area contributed by atoms with E-state index in [1.54, 1.807) is 0 Å². The molecule has 188 valence electrons. The molecule has 0 fully saturated rings. The minimum atomic E-state index is 0.367. The van der Waals surface area contributed by atoms with Crippen molar-refractivity contribution in [2.24, 2.45) is 5.10 Å². The van der Waals surface area contributed by atoms with Crippen LogP contribution in [0.15, 0.2) is 114 Å². The average Bonchev–Trinajstić information content (AvgIpc) is 2.94. The van der Waals surface area contributed by atoms with E-state index in [0.29, 0.717) is 35.1 Å². The Hall–Kier alpha value is -4.95. The molecule has 3 N–H and O–H groups in total. The molecule has 0 spiro atoms. The Bertz CT molecular complexity index is 1450. The number of nitrogens with one attached hydrogen (secondary N) is 3. The van der Waals surface area contributed by atoms with Gasteiger partial charge in [-0.25, -0.2) is 0 Å². The van der Waals surface area contributed by atoms with Crippen LogP contribution in [0.1, 0.15) is 11.4 Å². The molecule has 0 aliphatic rings. The molecule has 1 heterocycles. The zero-order valence-corrected chi connectivity index (χ0v) is 21.0. The Balaban J connectivity index is 1.29. The summed E-state index contributed by atoms with van der Waals surface area (Å²) in [5, 5.41) is 11.4. The van der Waals surface area contributed by atoms with Gasteiger partial charge in [0.15, 0.2) is 5.82 Å². The molecule has 5 aromatic rings. The number of rotatable bonds is 10. The fraction of sp³-hybridized carbons (Fsp3) is 0.0345. The van der Waals surface area contributed by atoms with Crippen LogP contribution in [0.3, 0.4) is 0 Å². The van der Waals surface area contributed by atoms with E-state index in [2.05, 4.69) is 36.1 Å². The first-order valence-electron chi connectivity index (χ1n) is 11.9. The summed E-state index contributed by atoms with van der Waals surface area (Å²) in [6, 6.07) is 34.5. The number of hydrazone groups is 1. The van der Waals surface area contributed by atoms with Crippen LogP contribution in [0.5, 0.6) is 5.75 Å². The fourth-order valence-corrected chi connectivity index (χ4v) is 3.65. The molecule has 0 saturated heterocycles. The summed E-state index contributed by atoms with van der Waals surface area (Å²) >= 11 is 6.22. The van der Waals surface area contributed by atoms with Gasteiger partial charge in [0.05, 0.1) is 11.9 Å². The predicted molar refractivity (Wildman–Crippen MR) is 153 cm³/mol. The van der Waals surface area contributed by atoms with E-state index in [4.69, 9.17) is 16.3 Å². The zero-order valence-electron chi connectivity index (χ0n) is 20.3. The van der Waals surface area contributed by atoms with Crippen molar-refractivity contribution in [1.82, 2.24) is 15.0 Å². The zero-order chi connectivity index (χ0) is 26.0. The Morgan fingerprint density at radius 1 is 0.684 bits per heavy atom. The molecule has 0 unspecified atom stereocenters. The maximum atomic E-state index is 6.22. The molecular formula is C29H24ClN7O. The van der Waals surface area contributed by atoms with Gasteiger partial charge in [0.2, 0.25) is 11.9 Å². The molecule has 0 radical (unpaired) electrons. The molecule has 9 heteroatoms. The standard InChI is InChI=1S/C29H24ClN7O/c30-26-17-8-7-10-21(26)20-38-25-16-9-15-24(18-25)37-31-19-27-34-28(32-22-11-3-1-4-12-22)36-29(35-27)33-23-13-5-2-6-14-23/h1-19,37H,20H2,(H2,32,33,34,35,36)/b31-19+. The van der Waals surface area contributed by atoms with Gasteiger partial charge in [-0.3, -0.25) is 5.43 Å². The van der Waals surface area contributed by atoms with Gasteiger partial charge in [-0.15, -0.1) is 0 Å². The second-order valence-corrected chi connectivity index (χ2v) is 8.51. The lowest BCUT2D eigenvalue weighted by atomic mass is 10.2. The highest BCUT2D eigenvalue weighted by molar-refractivity contribution is 6.31. The van der Waals surface area contributed by atoms with Gasteiger partial charge >= 0.3 is 0 Å². The molecule has 0 bridgehead atoms. The van der Waals surface area contributed by atoms with Crippen LogP contribution < -0.4 is 20.8 Å². The third-order valence-corrected chi connectivity index (χ3v) is 5.64. The van der Waals surface area contributed by atoms with Crippen LogP contribution in [-0.4, -0.2) is 21.2 Å². The number of ether oxygens (including phenoxy) is 1. The number of benzene rings is 4. The molecule has 5 rings (SSSR count). The number of aromatic nitrogens is 3. The van der Waals surface area contributed by atoms with Gasteiger partial charge in [-0.05, 0) is 42.5 Å². The van der Waals surface area contributed by atoms with Gasteiger partial charge in [0.1, 0.15) is 12.4 Å². The third-order valence-electron chi connectivity index (χ3n) is 5.27. The van der Waals surface area contributed by atoms with Crippen molar-refractivity contribution in [2.45, 2.75) is 6.61 Å². The van der Waals surface area contributed by atoms with Crippen molar-refractivity contribution in [2.75, 3.05) is 16.1 Å². The minimum absolute atomic E-state index is 0.367. The summed E-state index contributed by atoms with van der Waals surface area (Å²) in [4.78, 5) is 13.5. The predicted octanol–water partition coefficient (Wildman–Crippen LogP) is 7.04. The molecule has 8 nitrogen and oxygen atoms in total. The fourth-order valence-electron chi connectivity index (χ4n) is 3.46. The van der Waals surface area contributed by atoms with Gasteiger partial charge < -0.3 is 15.4 Å². The van der Waals surface area contributed by atoms with Crippen molar-refractivity contribution in [3.63, 3.8) is 0 Å². The summed E-state index contributed by atoms with van der Waals surface area (Å²) < 4.78 is 5.90. The van der Waals surface area contributed by atoms with Gasteiger partial charge in [0, 0.05) is 28.0 Å². The van der Waals surface area contributed by atoms with E-state index in [1.165, 1.54) is 6.21 Å². The Morgan fingerprint density at radius 3 is 1.95 bits per heavy atom. The van der Waals surface area contributed by atoms with Crippen molar-refractivity contribution < 1.29 is 4.74 Å². The van der Waals surface area contributed by atoms with E-state index in [0.717, 1.165) is 22.6 Å². The molecule has 4 aromatic carbocycles. The Morgan fingerprint density at radius 2 is 1.29 bits per heavy atom. The van der Waals surface area contributed by atoms with Gasteiger partial charge in [-0.1, -0.05) is 72.3 Å². The van der Waals surface area contributed by atoms with Crippen LogP contribution in [0.4, 0.5) is 29.0 Å². The summed E-state index contributed by atoms with van der Waals surface area (Å²) in [6.07, 6.45) is 1.53. The smallest absolute Gasteiger partial charge is 0.232 e. The molecular weight excluding hydrogens is 498 g/mol. The van der Waals surface area contributed by atoms with Crippen molar-refractivity contribution in [3.05, 3.63) is 126 Å². The number of halogens is 1.